The first-order valence-electron chi connectivity index (χ1n) is 6.41. The van der Waals surface area contributed by atoms with E-state index >= 15 is 0 Å². The second kappa shape index (κ2) is 5.40. The van der Waals surface area contributed by atoms with Crippen LogP contribution in [0.2, 0.25) is 0 Å². The third-order valence-corrected chi connectivity index (χ3v) is 4.82. The molecule has 6 nitrogen and oxygen atoms in total. The summed E-state index contributed by atoms with van der Waals surface area (Å²) in [5.41, 5.74) is 0.864. The van der Waals surface area contributed by atoms with Gasteiger partial charge in [-0.1, -0.05) is 6.07 Å². The number of nitrogens with zero attached hydrogens (tertiary/aromatic N) is 2. The Kier molecular flexibility index (Phi) is 3.99. The zero-order chi connectivity index (χ0) is 14.9. The number of anilines is 1. The van der Waals surface area contributed by atoms with E-state index in [0.29, 0.717) is 0 Å². The first-order chi connectivity index (χ1) is 9.26. The van der Waals surface area contributed by atoms with Gasteiger partial charge in [0.05, 0.1) is 10.7 Å². The van der Waals surface area contributed by atoms with Crippen molar-refractivity contribution in [3.63, 3.8) is 0 Å². The van der Waals surface area contributed by atoms with Crippen molar-refractivity contribution in [1.82, 2.24) is 0 Å². The van der Waals surface area contributed by atoms with Crippen LogP contribution in [-0.2, 0) is 9.84 Å². The number of hydrogen-bond donors (Lipinski definition) is 0. The molecule has 0 radical (unpaired) electrons. The molecule has 0 unspecified atom stereocenters. The van der Waals surface area contributed by atoms with Crippen LogP contribution in [0.25, 0.3) is 0 Å². The van der Waals surface area contributed by atoms with Crippen LogP contribution in [0.1, 0.15) is 12.8 Å². The molecule has 1 aliphatic rings. The Bertz CT molecular complexity index is 609. The summed E-state index contributed by atoms with van der Waals surface area (Å²) in [6, 6.07) is 6.76. The molecular formula is C13H18N2O4S. The Morgan fingerprint density at radius 1 is 1.40 bits per heavy atom. The summed E-state index contributed by atoms with van der Waals surface area (Å²) >= 11 is 0. The molecule has 2 rings (SSSR count). The number of sulfone groups is 1. The molecule has 1 fully saturated rings. The normalized spacial score (nSPS) is 22.1. The van der Waals surface area contributed by atoms with Crippen molar-refractivity contribution in [3.05, 3.63) is 34.4 Å². The minimum absolute atomic E-state index is 0.0707. The molecule has 0 heterocycles. The van der Waals surface area contributed by atoms with Crippen LogP contribution < -0.4 is 4.90 Å². The van der Waals surface area contributed by atoms with Crippen LogP contribution in [-0.4, -0.2) is 38.4 Å². The SMILES string of the molecule is CN(c1cccc([N+](=O)[O-])c1)C1CC(CS(C)(=O)=O)C1. The number of hydrogen-bond acceptors (Lipinski definition) is 5. The highest BCUT2D eigenvalue weighted by atomic mass is 32.2. The molecule has 0 amide bonds. The maximum absolute atomic E-state index is 11.2. The van der Waals surface area contributed by atoms with Gasteiger partial charge in [-0.25, -0.2) is 8.42 Å². The van der Waals surface area contributed by atoms with Gasteiger partial charge in [0, 0.05) is 37.2 Å². The lowest BCUT2D eigenvalue weighted by atomic mass is 9.80. The van der Waals surface area contributed by atoms with Gasteiger partial charge in [0.25, 0.3) is 5.69 Å². The first kappa shape index (κ1) is 14.8. The van der Waals surface area contributed by atoms with Gasteiger partial charge in [-0.2, -0.15) is 0 Å². The molecule has 0 aliphatic heterocycles. The lowest BCUT2D eigenvalue weighted by Crippen LogP contribution is -2.44. The first-order valence-corrected chi connectivity index (χ1v) is 8.47. The molecule has 1 aliphatic carbocycles. The smallest absolute Gasteiger partial charge is 0.271 e. The van der Waals surface area contributed by atoms with Gasteiger partial charge >= 0.3 is 0 Å². The van der Waals surface area contributed by atoms with E-state index < -0.39 is 14.8 Å². The second-order valence-electron chi connectivity index (χ2n) is 5.47. The summed E-state index contributed by atoms with van der Waals surface area (Å²) in [6.45, 7) is 0. The molecule has 7 heteroatoms. The summed E-state index contributed by atoms with van der Waals surface area (Å²) < 4.78 is 22.4. The number of non-ortho nitro benzene ring substituents is 1. The summed E-state index contributed by atoms with van der Waals surface area (Å²) in [4.78, 5) is 12.3. The number of nitro benzene ring substituents is 1. The van der Waals surface area contributed by atoms with Crippen molar-refractivity contribution < 1.29 is 13.3 Å². The second-order valence-corrected chi connectivity index (χ2v) is 7.66. The van der Waals surface area contributed by atoms with Gasteiger partial charge in [0.15, 0.2) is 0 Å². The predicted molar refractivity (Wildman–Crippen MR) is 77.7 cm³/mol. The van der Waals surface area contributed by atoms with Gasteiger partial charge in [-0.15, -0.1) is 0 Å². The van der Waals surface area contributed by atoms with E-state index in [9.17, 15) is 18.5 Å². The minimum atomic E-state index is -2.92. The summed E-state index contributed by atoms with van der Waals surface area (Å²) in [5, 5.41) is 10.8. The van der Waals surface area contributed by atoms with Gasteiger partial charge in [0.1, 0.15) is 9.84 Å². The standard InChI is InChI=1S/C13H18N2O4S/c1-14(11-4-3-5-12(8-11)15(16)17)13-6-10(7-13)9-20(2,18)19/h3-5,8,10,13H,6-7,9H2,1-2H3. The monoisotopic (exact) mass is 298 g/mol. The van der Waals surface area contributed by atoms with Crippen LogP contribution in [0.4, 0.5) is 11.4 Å². The third kappa shape index (κ3) is 3.47. The van der Waals surface area contributed by atoms with E-state index in [1.54, 1.807) is 12.1 Å². The highest BCUT2D eigenvalue weighted by Crippen LogP contribution is 2.35. The average Bonchev–Trinajstić information content (AvgIpc) is 2.31. The lowest BCUT2D eigenvalue weighted by Gasteiger charge is -2.42. The molecule has 0 atom stereocenters. The van der Waals surface area contributed by atoms with Crippen molar-refractivity contribution >= 4 is 21.2 Å². The molecule has 0 spiro atoms. The fourth-order valence-electron chi connectivity index (χ4n) is 2.62. The van der Waals surface area contributed by atoms with Gasteiger partial charge in [-0.3, -0.25) is 10.1 Å². The lowest BCUT2D eigenvalue weighted by molar-refractivity contribution is -0.384. The van der Waals surface area contributed by atoms with E-state index in [1.165, 1.54) is 12.3 Å². The van der Waals surface area contributed by atoms with Crippen molar-refractivity contribution in [2.75, 3.05) is 24.0 Å². The van der Waals surface area contributed by atoms with Crippen molar-refractivity contribution in [2.45, 2.75) is 18.9 Å². The Morgan fingerprint density at radius 3 is 2.60 bits per heavy atom. The Morgan fingerprint density at radius 2 is 2.05 bits per heavy atom. The van der Waals surface area contributed by atoms with Crippen LogP contribution in [0.15, 0.2) is 24.3 Å². The molecule has 110 valence electrons. The van der Waals surface area contributed by atoms with Crippen molar-refractivity contribution in [3.8, 4) is 0 Å². The number of rotatable bonds is 5. The molecule has 0 aromatic heterocycles. The summed E-state index contributed by atoms with van der Waals surface area (Å²) in [6.07, 6.45) is 2.88. The summed E-state index contributed by atoms with van der Waals surface area (Å²) in [7, 11) is -1.03. The molecule has 0 N–H and O–H groups in total. The van der Waals surface area contributed by atoms with Crippen molar-refractivity contribution in [1.29, 1.82) is 0 Å². The largest absolute Gasteiger partial charge is 0.371 e. The van der Waals surface area contributed by atoms with E-state index in [2.05, 4.69) is 0 Å². The highest BCUT2D eigenvalue weighted by Gasteiger charge is 2.34. The van der Waals surface area contributed by atoms with Crippen LogP contribution in [0.3, 0.4) is 0 Å². The molecular weight excluding hydrogens is 280 g/mol. The molecule has 1 saturated carbocycles. The van der Waals surface area contributed by atoms with E-state index in [1.807, 2.05) is 18.0 Å². The fourth-order valence-corrected chi connectivity index (χ4v) is 3.75. The molecule has 1 aromatic carbocycles. The Labute approximate surface area is 118 Å². The summed E-state index contributed by atoms with van der Waals surface area (Å²) in [5.74, 6) is 0.433. The van der Waals surface area contributed by atoms with Gasteiger partial charge in [0.2, 0.25) is 0 Å². The molecule has 0 bridgehead atoms. The van der Waals surface area contributed by atoms with Gasteiger partial charge in [-0.05, 0) is 24.8 Å². The molecule has 20 heavy (non-hydrogen) atoms. The Hall–Kier alpha value is -1.63. The van der Waals surface area contributed by atoms with Crippen LogP contribution >= 0.6 is 0 Å². The quantitative estimate of drug-likeness (QED) is 0.612. The zero-order valence-corrected chi connectivity index (χ0v) is 12.3. The zero-order valence-electron chi connectivity index (χ0n) is 11.5. The Balaban J connectivity index is 1.98. The fraction of sp³-hybridized carbons (Fsp3) is 0.538. The minimum Gasteiger partial charge on any atom is -0.371 e. The maximum Gasteiger partial charge on any atom is 0.271 e. The van der Waals surface area contributed by atoms with E-state index in [4.69, 9.17) is 0 Å². The third-order valence-electron chi connectivity index (χ3n) is 3.74. The predicted octanol–water partition coefficient (Wildman–Crippen LogP) is 1.85. The molecule has 1 aromatic rings. The highest BCUT2D eigenvalue weighted by molar-refractivity contribution is 7.90. The topological polar surface area (TPSA) is 80.5 Å². The van der Waals surface area contributed by atoms with Crippen LogP contribution in [0, 0.1) is 16.0 Å². The number of nitro groups is 1. The molecule has 0 saturated heterocycles. The van der Waals surface area contributed by atoms with Gasteiger partial charge < -0.3 is 4.90 Å². The van der Waals surface area contributed by atoms with Crippen LogP contribution in [0.5, 0.6) is 0 Å². The average molecular weight is 298 g/mol. The van der Waals surface area contributed by atoms with E-state index in [-0.39, 0.29) is 23.4 Å². The number of benzene rings is 1. The van der Waals surface area contributed by atoms with E-state index in [0.717, 1.165) is 18.5 Å². The van der Waals surface area contributed by atoms with Crippen molar-refractivity contribution in [2.24, 2.45) is 5.92 Å². The maximum atomic E-state index is 11.2.